The van der Waals surface area contributed by atoms with Crippen molar-refractivity contribution in [2.24, 2.45) is 0 Å². The Morgan fingerprint density at radius 1 is 1.15 bits per heavy atom. The molecule has 0 saturated carbocycles. The number of piperazine rings is 1. The van der Waals surface area contributed by atoms with Crippen LogP contribution in [0.5, 0.6) is 0 Å². The molecule has 1 amide bonds. The lowest BCUT2D eigenvalue weighted by Crippen LogP contribution is -2.49. The van der Waals surface area contributed by atoms with Crippen molar-refractivity contribution in [3.63, 3.8) is 0 Å². The molecule has 5 nitrogen and oxygen atoms in total. The Labute approximate surface area is 161 Å². The summed E-state index contributed by atoms with van der Waals surface area (Å²) in [5.41, 5.74) is 1.76. The summed E-state index contributed by atoms with van der Waals surface area (Å²) in [6.45, 7) is 4.69. The number of hydrogen-bond donors (Lipinski definition) is 0. The van der Waals surface area contributed by atoms with Gasteiger partial charge < -0.3 is 14.2 Å². The SMILES string of the molecule is Cc1ccc(-c2nc(CC(=O)N3CCN(c4ccc(F)cc4)CC3)cs2)o1. The van der Waals surface area contributed by atoms with Crippen LogP contribution < -0.4 is 4.90 Å². The van der Waals surface area contributed by atoms with Crippen LogP contribution in [-0.4, -0.2) is 42.0 Å². The predicted molar refractivity (Wildman–Crippen MR) is 103 cm³/mol. The second-order valence-corrected chi connectivity index (χ2v) is 7.43. The number of thiazole rings is 1. The minimum absolute atomic E-state index is 0.0845. The molecule has 2 aromatic heterocycles. The molecule has 1 saturated heterocycles. The van der Waals surface area contributed by atoms with Gasteiger partial charge in [-0.25, -0.2) is 9.37 Å². The van der Waals surface area contributed by atoms with E-state index in [9.17, 15) is 9.18 Å². The van der Waals surface area contributed by atoms with E-state index >= 15 is 0 Å². The lowest BCUT2D eigenvalue weighted by Gasteiger charge is -2.36. The number of benzene rings is 1. The van der Waals surface area contributed by atoms with Crippen LogP contribution >= 0.6 is 11.3 Å². The minimum atomic E-state index is -0.236. The highest BCUT2D eigenvalue weighted by molar-refractivity contribution is 7.13. The fourth-order valence-electron chi connectivity index (χ4n) is 3.18. The van der Waals surface area contributed by atoms with Crippen molar-refractivity contribution in [2.45, 2.75) is 13.3 Å². The molecule has 0 unspecified atom stereocenters. The average Bonchev–Trinajstić information content (AvgIpc) is 3.31. The van der Waals surface area contributed by atoms with Gasteiger partial charge in [-0.05, 0) is 43.3 Å². The smallest absolute Gasteiger partial charge is 0.228 e. The predicted octanol–water partition coefficient (Wildman–Crippen LogP) is 3.74. The van der Waals surface area contributed by atoms with Gasteiger partial charge in [-0.3, -0.25) is 4.79 Å². The van der Waals surface area contributed by atoms with Crippen LogP contribution in [0.1, 0.15) is 11.5 Å². The number of amides is 1. The quantitative estimate of drug-likeness (QED) is 0.686. The van der Waals surface area contributed by atoms with Gasteiger partial charge >= 0.3 is 0 Å². The zero-order valence-electron chi connectivity index (χ0n) is 15.0. The Kier molecular flexibility index (Phi) is 4.94. The zero-order valence-corrected chi connectivity index (χ0v) is 15.8. The molecule has 4 rings (SSSR count). The fourth-order valence-corrected chi connectivity index (χ4v) is 3.96. The van der Waals surface area contributed by atoms with Crippen LogP contribution in [0.2, 0.25) is 0 Å². The molecule has 1 aliphatic rings. The number of nitrogens with zero attached hydrogens (tertiary/aromatic N) is 3. The molecule has 0 aliphatic carbocycles. The lowest BCUT2D eigenvalue weighted by atomic mass is 10.2. The first-order valence-electron chi connectivity index (χ1n) is 8.88. The van der Waals surface area contributed by atoms with Crippen LogP contribution in [0, 0.1) is 12.7 Å². The topological polar surface area (TPSA) is 49.6 Å². The minimum Gasteiger partial charge on any atom is -0.459 e. The maximum absolute atomic E-state index is 13.1. The summed E-state index contributed by atoms with van der Waals surface area (Å²) in [7, 11) is 0. The van der Waals surface area contributed by atoms with Crippen LogP contribution in [0.3, 0.4) is 0 Å². The Bertz CT molecular complexity index is 927. The Hall–Kier alpha value is -2.67. The molecule has 140 valence electrons. The van der Waals surface area contributed by atoms with Crippen LogP contribution in [0.25, 0.3) is 10.8 Å². The van der Waals surface area contributed by atoms with Crippen molar-refractivity contribution in [1.82, 2.24) is 9.88 Å². The molecule has 0 spiro atoms. The van der Waals surface area contributed by atoms with E-state index < -0.39 is 0 Å². The molecule has 1 aliphatic heterocycles. The van der Waals surface area contributed by atoms with Gasteiger partial charge in [0.1, 0.15) is 11.6 Å². The molecule has 0 radical (unpaired) electrons. The van der Waals surface area contributed by atoms with E-state index in [4.69, 9.17) is 4.42 Å². The van der Waals surface area contributed by atoms with Gasteiger partial charge in [0.2, 0.25) is 5.91 Å². The lowest BCUT2D eigenvalue weighted by molar-refractivity contribution is -0.130. The molecular weight excluding hydrogens is 365 g/mol. The third-order valence-electron chi connectivity index (χ3n) is 4.66. The molecule has 1 fully saturated rings. The highest BCUT2D eigenvalue weighted by atomic mass is 32.1. The molecular formula is C20H20FN3O2S. The summed E-state index contributed by atoms with van der Waals surface area (Å²) in [4.78, 5) is 21.2. The number of halogens is 1. The number of anilines is 1. The Morgan fingerprint density at radius 2 is 1.89 bits per heavy atom. The van der Waals surface area contributed by atoms with E-state index in [1.165, 1.54) is 23.5 Å². The summed E-state index contributed by atoms with van der Waals surface area (Å²) in [5, 5.41) is 2.71. The van der Waals surface area contributed by atoms with Gasteiger partial charge in [0.25, 0.3) is 0 Å². The molecule has 0 bridgehead atoms. The molecule has 7 heteroatoms. The van der Waals surface area contributed by atoms with Gasteiger partial charge in [0, 0.05) is 37.2 Å². The molecule has 0 atom stereocenters. The first kappa shape index (κ1) is 17.7. The monoisotopic (exact) mass is 385 g/mol. The van der Waals surface area contributed by atoms with Crippen LogP contribution in [0.15, 0.2) is 46.2 Å². The van der Waals surface area contributed by atoms with E-state index in [0.29, 0.717) is 19.5 Å². The van der Waals surface area contributed by atoms with Crippen molar-refractivity contribution < 1.29 is 13.6 Å². The zero-order chi connectivity index (χ0) is 18.8. The molecule has 27 heavy (non-hydrogen) atoms. The Balaban J connectivity index is 1.33. The van der Waals surface area contributed by atoms with Gasteiger partial charge in [-0.1, -0.05) is 0 Å². The van der Waals surface area contributed by atoms with Crippen molar-refractivity contribution in [3.8, 4) is 10.8 Å². The standard InChI is InChI=1S/C20H20FN3O2S/c1-14-2-7-18(26-14)20-22-16(13-27-20)12-19(25)24-10-8-23(9-11-24)17-5-3-15(21)4-6-17/h2-7,13H,8-12H2,1H3. The number of carbonyl (C=O) groups is 1. The highest BCUT2D eigenvalue weighted by Crippen LogP contribution is 2.26. The average molecular weight is 385 g/mol. The van der Waals surface area contributed by atoms with E-state index in [1.54, 1.807) is 12.1 Å². The summed E-state index contributed by atoms with van der Waals surface area (Å²) >= 11 is 1.49. The molecule has 1 aromatic carbocycles. The highest BCUT2D eigenvalue weighted by Gasteiger charge is 2.22. The van der Waals surface area contributed by atoms with Gasteiger partial charge in [0.05, 0.1) is 12.1 Å². The fraction of sp³-hybridized carbons (Fsp3) is 0.300. The normalized spacial score (nSPS) is 14.6. The number of carbonyl (C=O) groups excluding carboxylic acids is 1. The van der Waals surface area contributed by atoms with E-state index in [-0.39, 0.29) is 11.7 Å². The molecule has 0 N–H and O–H groups in total. The first-order chi connectivity index (χ1) is 13.1. The number of hydrogen-bond acceptors (Lipinski definition) is 5. The number of furan rings is 1. The maximum Gasteiger partial charge on any atom is 0.228 e. The van der Waals surface area contributed by atoms with Crippen molar-refractivity contribution >= 4 is 22.9 Å². The Morgan fingerprint density at radius 3 is 2.56 bits per heavy atom. The van der Waals surface area contributed by atoms with Crippen LogP contribution in [-0.2, 0) is 11.2 Å². The van der Waals surface area contributed by atoms with Gasteiger partial charge in [-0.2, -0.15) is 0 Å². The second-order valence-electron chi connectivity index (χ2n) is 6.58. The van der Waals surface area contributed by atoms with Gasteiger partial charge in [0.15, 0.2) is 10.8 Å². The number of rotatable bonds is 4. The number of aryl methyl sites for hydroxylation is 1. The third-order valence-corrected chi connectivity index (χ3v) is 5.57. The molecule has 3 heterocycles. The summed E-state index contributed by atoms with van der Waals surface area (Å²) in [5.74, 6) is 1.43. The first-order valence-corrected chi connectivity index (χ1v) is 9.76. The van der Waals surface area contributed by atoms with Gasteiger partial charge in [-0.15, -0.1) is 11.3 Å². The maximum atomic E-state index is 13.1. The van der Waals surface area contributed by atoms with Crippen molar-refractivity contribution in [3.05, 3.63) is 59.0 Å². The van der Waals surface area contributed by atoms with E-state index in [2.05, 4.69) is 9.88 Å². The molecule has 3 aromatic rings. The van der Waals surface area contributed by atoms with Crippen molar-refractivity contribution in [2.75, 3.05) is 31.1 Å². The number of aromatic nitrogens is 1. The summed E-state index contributed by atoms with van der Waals surface area (Å²) in [6.07, 6.45) is 0.298. The van der Waals surface area contributed by atoms with Crippen LogP contribution in [0.4, 0.5) is 10.1 Å². The van der Waals surface area contributed by atoms with Crippen molar-refractivity contribution in [1.29, 1.82) is 0 Å². The van der Waals surface area contributed by atoms with E-state index in [1.807, 2.05) is 29.3 Å². The second kappa shape index (κ2) is 7.52. The summed E-state index contributed by atoms with van der Waals surface area (Å²) in [6, 6.07) is 10.3. The summed E-state index contributed by atoms with van der Waals surface area (Å²) < 4.78 is 18.6. The largest absolute Gasteiger partial charge is 0.459 e. The third kappa shape index (κ3) is 4.03. The van der Waals surface area contributed by atoms with E-state index in [0.717, 1.165) is 41.0 Å².